The smallest absolute Gasteiger partial charge is 0.305 e. The molecule has 0 saturated heterocycles. The third-order valence-corrected chi connectivity index (χ3v) is 4.65. The average molecular weight is 406 g/mol. The highest BCUT2D eigenvalue weighted by Crippen LogP contribution is 2.36. The standard InChI is InChI=1S/C19H17ClFN3O2S/c20-13-3-7-15(8-4-13)24-16(12-1-5-14(21)6-2-12)11-23(10-9-17(25)26)19(24)18(22)27/h1-8,11,19H,9-10H2,(H2,22,27)(H,25,26). The third kappa shape index (κ3) is 4.20. The summed E-state index contributed by atoms with van der Waals surface area (Å²) in [5.74, 6) is -1.26. The molecule has 8 heteroatoms. The number of nitrogens with two attached hydrogens (primary N) is 1. The van der Waals surface area contributed by atoms with Crippen LogP contribution in [0.1, 0.15) is 12.0 Å². The maximum Gasteiger partial charge on any atom is 0.305 e. The van der Waals surface area contributed by atoms with E-state index >= 15 is 0 Å². The van der Waals surface area contributed by atoms with Crippen LogP contribution >= 0.6 is 23.8 Å². The zero-order valence-corrected chi connectivity index (χ0v) is 15.8. The van der Waals surface area contributed by atoms with Crippen LogP contribution in [0.2, 0.25) is 5.02 Å². The molecule has 140 valence electrons. The molecule has 27 heavy (non-hydrogen) atoms. The Morgan fingerprint density at radius 2 is 1.81 bits per heavy atom. The monoisotopic (exact) mass is 405 g/mol. The Hall–Kier alpha value is -2.64. The normalized spacial score (nSPS) is 16.4. The summed E-state index contributed by atoms with van der Waals surface area (Å²) in [6.07, 6.45) is 1.19. The lowest BCUT2D eigenvalue weighted by Crippen LogP contribution is -2.48. The minimum atomic E-state index is -0.918. The van der Waals surface area contributed by atoms with Crippen LogP contribution in [-0.4, -0.2) is 33.7 Å². The fourth-order valence-corrected chi connectivity index (χ4v) is 3.36. The number of hydrogen-bond donors (Lipinski definition) is 2. The molecule has 5 nitrogen and oxygen atoms in total. The predicted molar refractivity (Wildman–Crippen MR) is 108 cm³/mol. The molecular weight excluding hydrogens is 389 g/mol. The van der Waals surface area contributed by atoms with Gasteiger partial charge in [-0.05, 0) is 54.1 Å². The van der Waals surface area contributed by atoms with Gasteiger partial charge in [0.1, 0.15) is 10.8 Å². The van der Waals surface area contributed by atoms with E-state index in [9.17, 15) is 9.18 Å². The molecular formula is C19H17ClFN3O2S. The Morgan fingerprint density at radius 1 is 1.19 bits per heavy atom. The predicted octanol–water partition coefficient (Wildman–Crippen LogP) is 3.69. The molecule has 1 aliphatic heterocycles. The molecule has 1 aliphatic rings. The Bertz CT molecular complexity index is 887. The van der Waals surface area contributed by atoms with Gasteiger partial charge in [-0.25, -0.2) is 4.39 Å². The molecule has 0 aliphatic carbocycles. The van der Waals surface area contributed by atoms with Crippen molar-refractivity contribution >= 4 is 46.2 Å². The number of hydrogen-bond acceptors (Lipinski definition) is 4. The van der Waals surface area contributed by atoms with Gasteiger partial charge in [0.25, 0.3) is 0 Å². The van der Waals surface area contributed by atoms with Gasteiger partial charge in [0.2, 0.25) is 0 Å². The van der Waals surface area contributed by atoms with E-state index in [0.29, 0.717) is 5.02 Å². The lowest BCUT2D eigenvalue weighted by Gasteiger charge is -2.33. The van der Waals surface area contributed by atoms with E-state index in [0.717, 1.165) is 16.9 Å². The van der Waals surface area contributed by atoms with Crippen LogP contribution in [0.4, 0.5) is 10.1 Å². The summed E-state index contributed by atoms with van der Waals surface area (Å²) in [5.41, 5.74) is 8.27. The second kappa shape index (κ2) is 7.94. The van der Waals surface area contributed by atoms with Gasteiger partial charge in [-0.1, -0.05) is 23.8 Å². The molecule has 0 aromatic heterocycles. The van der Waals surface area contributed by atoms with Crippen molar-refractivity contribution < 1.29 is 14.3 Å². The molecule has 0 bridgehead atoms. The van der Waals surface area contributed by atoms with Gasteiger partial charge in [0.05, 0.1) is 12.1 Å². The molecule has 3 rings (SSSR count). The van der Waals surface area contributed by atoms with Crippen molar-refractivity contribution in [3.05, 3.63) is 71.1 Å². The van der Waals surface area contributed by atoms with Crippen LogP contribution in [0, 0.1) is 5.82 Å². The second-order valence-corrected chi connectivity index (χ2v) is 6.93. The first-order chi connectivity index (χ1) is 12.9. The summed E-state index contributed by atoms with van der Waals surface area (Å²) >= 11 is 11.3. The quantitative estimate of drug-likeness (QED) is 0.714. The third-order valence-electron chi connectivity index (χ3n) is 4.19. The molecule has 0 radical (unpaired) electrons. The maximum absolute atomic E-state index is 13.4. The molecule has 1 unspecified atom stereocenters. The summed E-state index contributed by atoms with van der Waals surface area (Å²) in [6, 6.07) is 13.2. The van der Waals surface area contributed by atoms with E-state index in [-0.39, 0.29) is 23.8 Å². The minimum absolute atomic E-state index is 0.0687. The lowest BCUT2D eigenvalue weighted by atomic mass is 10.1. The number of carboxylic acids is 1. The summed E-state index contributed by atoms with van der Waals surface area (Å²) in [5, 5.41) is 9.63. The summed E-state index contributed by atoms with van der Waals surface area (Å²) < 4.78 is 13.4. The van der Waals surface area contributed by atoms with Crippen molar-refractivity contribution in [1.29, 1.82) is 0 Å². The number of benzene rings is 2. The van der Waals surface area contributed by atoms with E-state index in [1.54, 1.807) is 35.4 Å². The summed E-state index contributed by atoms with van der Waals surface area (Å²) in [7, 11) is 0. The van der Waals surface area contributed by atoms with Gasteiger partial charge in [-0.15, -0.1) is 0 Å². The van der Waals surface area contributed by atoms with Crippen LogP contribution in [0.5, 0.6) is 0 Å². The van der Waals surface area contributed by atoms with Crippen LogP contribution in [0.25, 0.3) is 5.70 Å². The van der Waals surface area contributed by atoms with E-state index in [1.807, 2.05) is 17.0 Å². The Kier molecular flexibility index (Phi) is 5.62. The zero-order chi connectivity index (χ0) is 19.6. The number of halogens is 2. The first-order valence-corrected chi connectivity index (χ1v) is 8.95. The molecule has 3 N–H and O–H groups in total. The fourth-order valence-electron chi connectivity index (χ4n) is 2.99. The highest BCUT2D eigenvalue weighted by atomic mass is 35.5. The van der Waals surface area contributed by atoms with E-state index in [1.165, 1.54) is 12.1 Å². The van der Waals surface area contributed by atoms with E-state index in [4.69, 9.17) is 34.7 Å². The minimum Gasteiger partial charge on any atom is -0.481 e. The van der Waals surface area contributed by atoms with Gasteiger partial charge < -0.3 is 20.6 Å². The van der Waals surface area contributed by atoms with E-state index < -0.39 is 12.1 Å². The van der Waals surface area contributed by atoms with Crippen molar-refractivity contribution in [3.63, 3.8) is 0 Å². The molecule has 0 saturated carbocycles. The summed E-state index contributed by atoms with van der Waals surface area (Å²) in [6.45, 7) is 0.228. The largest absolute Gasteiger partial charge is 0.481 e. The maximum atomic E-state index is 13.4. The molecule has 0 fully saturated rings. The first kappa shape index (κ1) is 19.1. The molecule has 1 heterocycles. The molecule has 1 atom stereocenters. The number of nitrogens with zero attached hydrogens (tertiary/aromatic N) is 2. The number of thiocarbonyl (C=S) groups is 1. The van der Waals surface area contributed by atoms with Crippen LogP contribution in [-0.2, 0) is 4.79 Å². The van der Waals surface area contributed by atoms with Crippen LogP contribution in [0.3, 0.4) is 0 Å². The Labute approximate surface area is 166 Å². The first-order valence-electron chi connectivity index (χ1n) is 8.16. The SMILES string of the molecule is NC(=S)C1N(CCC(=O)O)C=C(c2ccc(F)cc2)N1c1ccc(Cl)cc1. The van der Waals surface area contributed by atoms with Crippen molar-refractivity contribution in [2.45, 2.75) is 12.6 Å². The van der Waals surface area contributed by atoms with Gasteiger partial charge in [-0.3, -0.25) is 4.79 Å². The molecule has 2 aromatic carbocycles. The number of anilines is 1. The van der Waals surface area contributed by atoms with E-state index in [2.05, 4.69) is 0 Å². The number of aliphatic carboxylic acids is 1. The number of rotatable bonds is 6. The van der Waals surface area contributed by atoms with Crippen LogP contribution in [0.15, 0.2) is 54.7 Å². The number of carbonyl (C=O) groups is 1. The molecule has 2 aromatic rings. The van der Waals surface area contributed by atoms with Crippen molar-refractivity contribution in [3.8, 4) is 0 Å². The van der Waals surface area contributed by atoms with Crippen molar-refractivity contribution in [2.75, 3.05) is 11.4 Å². The highest BCUT2D eigenvalue weighted by molar-refractivity contribution is 7.80. The van der Waals surface area contributed by atoms with Gasteiger partial charge in [0, 0.05) is 23.5 Å². The van der Waals surface area contributed by atoms with Crippen molar-refractivity contribution in [1.82, 2.24) is 4.90 Å². The highest BCUT2D eigenvalue weighted by Gasteiger charge is 2.36. The Balaban J connectivity index is 2.07. The Morgan fingerprint density at radius 3 is 2.37 bits per heavy atom. The topological polar surface area (TPSA) is 69.8 Å². The van der Waals surface area contributed by atoms with Crippen molar-refractivity contribution in [2.24, 2.45) is 5.73 Å². The van der Waals surface area contributed by atoms with Gasteiger partial charge in [-0.2, -0.15) is 0 Å². The van der Waals surface area contributed by atoms with Gasteiger partial charge in [0.15, 0.2) is 6.17 Å². The second-order valence-electron chi connectivity index (χ2n) is 6.03. The van der Waals surface area contributed by atoms with Gasteiger partial charge >= 0.3 is 5.97 Å². The number of carboxylic acid groups (broad SMARTS) is 1. The zero-order valence-electron chi connectivity index (χ0n) is 14.2. The molecule has 0 amide bonds. The average Bonchev–Trinajstić information content (AvgIpc) is 3.01. The summed E-state index contributed by atoms with van der Waals surface area (Å²) in [4.78, 5) is 14.9. The lowest BCUT2D eigenvalue weighted by molar-refractivity contribution is -0.137. The van der Waals surface area contributed by atoms with Crippen LogP contribution < -0.4 is 10.6 Å². The molecule has 0 spiro atoms. The fraction of sp³-hybridized carbons (Fsp3) is 0.158.